The lowest BCUT2D eigenvalue weighted by Crippen LogP contribution is -2.33. The molecule has 0 aliphatic rings. The van der Waals surface area contributed by atoms with E-state index in [0.717, 1.165) is 34.3 Å². The van der Waals surface area contributed by atoms with E-state index < -0.39 is 0 Å². The number of rotatable bonds is 6. The number of fused-ring (bicyclic) bond motifs is 1. The molecule has 4 nitrogen and oxygen atoms in total. The number of aryl methyl sites for hydroxylation is 1. The predicted molar refractivity (Wildman–Crippen MR) is 111 cm³/mol. The van der Waals surface area contributed by atoms with Gasteiger partial charge < -0.3 is 4.90 Å². The highest BCUT2D eigenvalue weighted by atomic mass is 35.5. The number of hydrogen-bond donors (Lipinski definition) is 0. The third kappa shape index (κ3) is 4.23. The molecule has 2 aromatic carbocycles. The van der Waals surface area contributed by atoms with E-state index in [-0.39, 0.29) is 5.91 Å². The minimum atomic E-state index is -0.00740. The molecule has 1 amide bonds. The number of hydrogen-bond acceptors (Lipinski definition) is 4. The molecule has 0 N–H and O–H groups in total. The lowest BCUT2D eigenvalue weighted by Gasteiger charge is -2.21. The van der Waals surface area contributed by atoms with Crippen LogP contribution in [0.15, 0.2) is 42.5 Å². The van der Waals surface area contributed by atoms with Crippen LogP contribution in [0.4, 0.5) is 5.13 Å². The Bertz CT molecular complexity index is 922. The van der Waals surface area contributed by atoms with Crippen molar-refractivity contribution in [2.75, 3.05) is 32.1 Å². The lowest BCUT2D eigenvalue weighted by molar-refractivity contribution is 0.0985. The van der Waals surface area contributed by atoms with E-state index in [9.17, 15) is 4.79 Å². The molecular weight excluding hydrogens is 366 g/mol. The molecule has 1 heterocycles. The fourth-order valence-electron chi connectivity index (χ4n) is 2.79. The number of nitrogens with zero attached hydrogens (tertiary/aromatic N) is 3. The van der Waals surface area contributed by atoms with Crippen LogP contribution in [0.5, 0.6) is 0 Å². The lowest BCUT2D eigenvalue weighted by atomic mass is 10.1. The highest BCUT2D eigenvalue weighted by molar-refractivity contribution is 7.22. The zero-order valence-electron chi connectivity index (χ0n) is 15.2. The minimum absolute atomic E-state index is 0.00740. The summed E-state index contributed by atoms with van der Waals surface area (Å²) in [6.45, 7) is 3.50. The van der Waals surface area contributed by atoms with E-state index in [0.29, 0.717) is 16.7 Å². The predicted octanol–water partition coefficient (Wildman–Crippen LogP) is 4.86. The van der Waals surface area contributed by atoms with Gasteiger partial charge in [-0.2, -0.15) is 0 Å². The SMILES string of the molecule is Cc1ccccc1C(=O)N(CCCN(C)C)c1nc2ccc(Cl)cc2s1. The Kier molecular flexibility index (Phi) is 5.91. The maximum atomic E-state index is 13.2. The third-order valence-electron chi connectivity index (χ3n) is 4.18. The minimum Gasteiger partial charge on any atom is -0.309 e. The topological polar surface area (TPSA) is 36.4 Å². The molecule has 3 rings (SSSR count). The summed E-state index contributed by atoms with van der Waals surface area (Å²) in [7, 11) is 4.07. The summed E-state index contributed by atoms with van der Waals surface area (Å²) in [6.07, 6.45) is 0.876. The summed E-state index contributed by atoms with van der Waals surface area (Å²) < 4.78 is 0.989. The van der Waals surface area contributed by atoms with Crippen molar-refractivity contribution in [1.29, 1.82) is 0 Å². The smallest absolute Gasteiger partial charge is 0.260 e. The van der Waals surface area contributed by atoms with Crippen molar-refractivity contribution in [3.63, 3.8) is 0 Å². The van der Waals surface area contributed by atoms with Crippen LogP contribution < -0.4 is 4.90 Å². The number of thiazole rings is 1. The van der Waals surface area contributed by atoms with Gasteiger partial charge in [-0.1, -0.05) is 41.1 Å². The standard InChI is InChI=1S/C20H22ClN3OS/c1-14-7-4-5-8-16(14)19(25)24(12-6-11-23(2)3)20-22-17-10-9-15(21)13-18(17)26-20/h4-5,7-10,13H,6,11-12H2,1-3H3. The number of carbonyl (C=O) groups excluding carboxylic acids is 1. The molecule has 0 unspecified atom stereocenters. The second-order valence-corrected chi connectivity index (χ2v) is 7.98. The molecule has 0 bridgehead atoms. The number of aromatic nitrogens is 1. The molecule has 136 valence electrons. The van der Waals surface area contributed by atoms with Gasteiger partial charge in [-0.05, 0) is 63.8 Å². The number of anilines is 1. The first-order valence-electron chi connectivity index (χ1n) is 8.54. The fraction of sp³-hybridized carbons (Fsp3) is 0.300. The van der Waals surface area contributed by atoms with Crippen molar-refractivity contribution in [3.8, 4) is 0 Å². The molecule has 0 saturated heterocycles. The Labute approximate surface area is 163 Å². The molecule has 0 fully saturated rings. The summed E-state index contributed by atoms with van der Waals surface area (Å²) in [4.78, 5) is 21.8. The van der Waals surface area contributed by atoms with Gasteiger partial charge in [0.25, 0.3) is 5.91 Å². The van der Waals surface area contributed by atoms with E-state index in [4.69, 9.17) is 11.6 Å². The Balaban J connectivity index is 1.96. The maximum absolute atomic E-state index is 13.2. The average molecular weight is 388 g/mol. The van der Waals surface area contributed by atoms with Gasteiger partial charge in [0.05, 0.1) is 10.2 Å². The molecule has 0 spiro atoms. The summed E-state index contributed by atoms with van der Waals surface area (Å²) in [5.74, 6) is -0.00740. The number of benzene rings is 2. The van der Waals surface area contributed by atoms with Gasteiger partial charge >= 0.3 is 0 Å². The van der Waals surface area contributed by atoms with Crippen molar-refractivity contribution in [1.82, 2.24) is 9.88 Å². The average Bonchev–Trinajstić information content (AvgIpc) is 3.01. The molecule has 0 atom stereocenters. The molecule has 1 aromatic heterocycles. The van der Waals surface area contributed by atoms with Gasteiger partial charge in [0.1, 0.15) is 0 Å². The van der Waals surface area contributed by atoms with Crippen LogP contribution in [-0.4, -0.2) is 43.0 Å². The summed E-state index contributed by atoms with van der Waals surface area (Å²) in [5.41, 5.74) is 2.55. The molecule has 0 radical (unpaired) electrons. The monoisotopic (exact) mass is 387 g/mol. The summed E-state index contributed by atoms with van der Waals surface area (Å²) in [5, 5.41) is 1.39. The Morgan fingerprint density at radius 1 is 1.15 bits per heavy atom. The van der Waals surface area contributed by atoms with Crippen molar-refractivity contribution in [2.24, 2.45) is 0 Å². The summed E-state index contributed by atoms with van der Waals surface area (Å²) in [6, 6.07) is 13.3. The van der Waals surface area contributed by atoms with Crippen LogP contribution in [0.2, 0.25) is 5.02 Å². The van der Waals surface area contributed by atoms with Crippen molar-refractivity contribution in [2.45, 2.75) is 13.3 Å². The molecule has 0 aliphatic carbocycles. The van der Waals surface area contributed by atoms with Gasteiger partial charge in [-0.25, -0.2) is 4.98 Å². The first-order chi connectivity index (χ1) is 12.5. The Hall–Kier alpha value is -1.95. The maximum Gasteiger partial charge on any atom is 0.260 e. The van der Waals surface area contributed by atoms with Crippen LogP contribution in [-0.2, 0) is 0 Å². The second-order valence-electron chi connectivity index (χ2n) is 6.54. The van der Waals surface area contributed by atoms with Gasteiger partial charge in [-0.15, -0.1) is 0 Å². The molecular formula is C20H22ClN3OS. The highest BCUT2D eigenvalue weighted by Gasteiger charge is 2.22. The van der Waals surface area contributed by atoms with E-state index >= 15 is 0 Å². The quantitative estimate of drug-likeness (QED) is 0.606. The number of halogens is 1. The zero-order valence-corrected chi connectivity index (χ0v) is 16.8. The van der Waals surface area contributed by atoms with Crippen LogP contribution in [0, 0.1) is 6.92 Å². The first kappa shape index (κ1) is 18.8. The van der Waals surface area contributed by atoms with E-state index in [1.807, 2.05) is 63.5 Å². The molecule has 3 aromatic rings. The van der Waals surface area contributed by atoms with E-state index in [2.05, 4.69) is 9.88 Å². The van der Waals surface area contributed by atoms with Gasteiger partial charge in [0, 0.05) is 17.1 Å². The number of carbonyl (C=O) groups is 1. The van der Waals surface area contributed by atoms with E-state index in [1.54, 1.807) is 4.90 Å². The number of amides is 1. The van der Waals surface area contributed by atoms with Crippen molar-refractivity contribution >= 4 is 44.2 Å². The second kappa shape index (κ2) is 8.16. The Morgan fingerprint density at radius 2 is 1.92 bits per heavy atom. The van der Waals surface area contributed by atoms with Crippen LogP contribution in [0.25, 0.3) is 10.2 Å². The van der Waals surface area contributed by atoms with Crippen LogP contribution in [0.1, 0.15) is 22.3 Å². The third-order valence-corrected chi connectivity index (χ3v) is 5.45. The van der Waals surface area contributed by atoms with Gasteiger partial charge in [-0.3, -0.25) is 9.69 Å². The fourth-order valence-corrected chi connectivity index (χ4v) is 4.06. The normalized spacial score (nSPS) is 11.3. The van der Waals surface area contributed by atoms with Crippen LogP contribution in [0.3, 0.4) is 0 Å². The zero-order chi connectivity index (χ0) is 18.7. The molecule has 0 saturated carbocycles. The van der Waals surface area contributed by atoms with Crippen LogP contribution >= 0.6 is 22.9 Å². The summed E-state index contributed by atoms with van der Waals surface area (Å²) >= 11 is 7.60. The van der Waals surface area contributed by atoms with Gasteiger partial charge in [0.15, 0.2) is 5.13 Å². The Morgan fingerprint density at radius 3 is 2.65 bits per heavy atom. The largest absolute Gasteiger partial charge is 0.309 e. The molecule has 6 heteroatoms. The first-order valence-corrected chi connectivity index (χ1v) is 9.73. The van der Waals surface area contributed by atoms with Crippen molar-refractivity contribution in [3.05, 3.63) is 58.6 Å². The van der Waals surface area contributed by atoms with E-state index in [1.165, 1.54) is 11.3 Å². The molecule has 0 aliphatic heterocycles. The van der Waals surface area contributed by atoms with Crippen molar-refractivity contribution < 1.29 is 4.79 Å². The highest BCUT2D eigenvalue weighted by Crippen LogP contribution is 2.32. The van der Waals surface area contributed by atoms with Gasteiger partial charge in [0.2, 0.25) is 0 Å². The molecule has 26 heavy (non-hydrogen) atoms.